The molecule has 2 fully saturated rings. The highest BCUT2D eigenvalue weighted by molar-refractivity contribution is 5.82. The highest BCUT2D eigenvalue weighted by Crippen LogP contribution is 2.27. The lowest BCUT2D eigenvalue weighted by molar-refractivity contribution is -0.144. The molecule has 0 aromatic carbocycles. The van der Waals surface area contributed by atoms with E-state index in [9.17, 15) is 14.7 Å². The van der Waals surface area contributed by atoms with Crippen molar-refractivity contribution in [3.63, 3.8) is 0 Å². The summed E-state index contributed by atoms with van der Waals surface area (Å²) in [7, 11) is 0. The van der Waals surface area contributed by atoms with Gasteiger partial charge in [0.1, 0.15) is 0 Å². The minimum atomic E-state index is -0.782. The van der Waals surface area contributed by atoms with Crippen molar-refractivity contribution >= 4 is 11.9 Å². The van der Waals surface area contributed by atoms with E-state index in [2.05, 4.69) is 24.1 Å². The van der Waals surface area contributed by atoms with Crippen LogP contribution in [0.4, 0.5) is 0 Å². The maximum Gasteiger partial charge on any atom is 0.308 e. The number of carboxylic acids is 1. The van der Waals surface area contributed by atoms with Crippen molar-refractivity contribution in [2.24, 2.45) is 5.92 Å². The fourth-order valence-electron chi connectivity index (χ4n) is 4.02. The SMILES string of the molecule is CC1CCC(C)N1C(C)C(=O)NC1CCCCC1C(=O)O. The molecule has 5 unspecified atom stereocenters. The Morgan fingerprint density at radius 2 is 1.67 bits per heavy atom. The Bertz CT molecular complexity index is 389. The van der Waals surface area contributed by atoms with E-state index in [-0.39, 0.29) is 18.0 Å². The molecular formula is C16H28N2O3. The topological polar surface area (TPSA) is 69.6 Å². The van der Waals surface area contributed by atoms with Crippen LogP contribution in [0.2, 0.25) is 0 Å². The second-order valence-electron chi connectivity index (χ2n) is 6.74. The van der Waals surface area contributed by atoms with Gasteiger partial charge >= 0.3 is 5.97 Å². The van der Waals surface area contributed by atoms with E-state index >= 15 is 0 Å². The summed E-state index contributed by atoms with van der Waals surface area (Å²) in [5, 5.41) is 12.3. The number of nitrogens with one attached hydrogen (secondary N) is 1. The second kappa shape index (κ2) is 6.77. The number of hydrogen-bond donors (Lipinski definition) is 2. The van der Waals surface area contributed by atoms with Crippen molar-refractivity contribution in [2.45, 2.75) is 83.5 Å². The summed E-state index contributed by atoms with van der Waals surface area (Å²) in [6, 6.07) is 0.443. The summed E-state index contributed by atoms with van der Waals surface area (Å²) >= 11 is 0. The van der Waals surface area contributed by atoms with E-state index < -0.39 is 11.9 Å². The van der Waals surface area contributed by atoms with Crippen molar-refractivity contribution in [3.8, 4) is 0 Å². The van der Waals surface area contributed by atoms with E-state index in [1.54, 1.807) is 0 Å². The van der Waals surface area contributed by atoms with Gasteiger partial charge < -0.3 is 10.4 Å². The van der Waals surface area contributed by atoms with Gasteiger partial charge in [-0.1, -0.05) is 12.8 Å². The van der Waals surface area contributed by atoms with Gasteiger partial charge in [-0.2, -0.15) is 0 Å². The number of likely N-dealkylation sites (tertiary alicyclic amines) is 1. The first-order valence-corrected chi connectivity index (χ1v) is 8.22. The number of rotatable bonds is 4. The first-order chi connectivity index (χ1) is 9.91. The van der Waals surface area contributed by atoms with Gasteiger partial charge in [0.2, 0.25) is 5.91 Å². The average Bonchev–Trinajstić information content (AvgIpc) is 2.77. The molecular weight excluding hydrogens is 268 g/mol. The molecule has 1 amide bonds. The minimum absolute atomic E-state index is 0.0197. The van der Waals surface area contributed by atoms with Gasteiger partial charge in [0.05, 0.1) is 12.0 Å². The van der Waals surface area contributed by atoms with Gasteiger partial charge in [-0.15, -0.1) is 0 Å². The van der Waals surface area contributed by atoms with Gasteiger partial charge in [0.15, 0.2) is 0 Å². The Morgan fingerprint density at radius 3 is 2.24 bits per heavy atom. The monoisotopic (exact) mass is 296 g/mol. The summed E-state index contributed by atoms with van der Waals surface area (Å²) in [6.07, 6.45) is 5.64. The van der Waals surface area contributed by atoms with Crippen molar-refractivity contribution in [1.82, 2.24) is 10.2 Å². The second-order valence-corrected chi connectivity index (χ2v) is 6.74. The molecule has 1 saturated heterocycles. The minimum Gasteiger partial charge on any atom is -0.481 e. The third-order valence-electron chi connectivity index (χ3n) is 5.26. The molecule has 21 heavy (non-hydrogen) atoms. The molecule has 0 spiro atoms. The summed E-state index contributed by atoms with van der Waals surface area (Å²) in [6.45, 7) is 6.26. The van der Waals surface area contributed by atoms with Crippen LogP contribution in [0.3, 0.4) is 0 Å². The van der Waals surface area contributed by atoms with Crippen LogP contribution in [-0.4, -0.2) is 46.1 Å². The van der Waals surface area contributed by atoms with Crippen molar-refractivity contribution in [1.29, 1.82) is 0 Å². The van der Waals surface area contributed by atoms with E-state index in [4.69, 9.17) is 0 Å². The Labute approximate surface area is 127 Å². The largest absolute Gasteiger partial charge is 0.481 e. The molecule has 5 atom stereocenters. The Balaban J connectivity index is 1.97. The lowest BCUT2D eigenvalue weighted by Gasteiger charge is -2.35. The zero-order chi connectivity index (χ0) is 15.6. The fraction of sp³-hybridized carbons (Fsp3) is 0.875. The normalized spacial score (nSPS) is 35.4. The molecule has 2 aliphatic rings. The zero-order valence-corrected chi connectivity index (χ0v) is 13.3. The standard InChI is InChI=1S/C16H28N2O3/c1-10-8-9-11(2)18(10)12(3)15(19)17-14-7-5-4-6-13(14)16(20)21/h10-14H,4-9H2,1-3H3,(H,17,19)(H,20,21). The highest BCUT2D eigenvalue weighted by Gasteiger charge is 2.37. The van der Waals surface area contributed by atoms with E-state index in [1.165, 1.54) is 0 Å². The molecule has 0 bridgehead atoms. The molecule has 5 nitrogen and oxygen atoms in total. The molecule has 5 heteroatoms. The van der Waals surface area contributed by atoms with Gasteiger partial charge in [-0.05, 0) is 46.5 Å². The Kier molecular flexibility index (Phi) is 5.25. The van der Waals surface area contributed by atoms with E-state index in [0.717, 1.165) is 32.1 Å². The zero-order valence-electron chi connectivity index (χ0n) is 13.3. The molecule has 2 N–H and O–H groups in total. The summed E-state index contributed by atoms with van der Waals surface area (Å²) in [4.78, 5) is 26.1. The number of nitrogens with zero attached hydrogens (tertiary/aromatic N) is 1. The lowest BCUT2D eigenvalue weighted by Crippen LogP contribution is -2.54. The lowest BCUT2D eigenvalue weighted by atomic mass is 9.84. The van der Waals surface area contributed by atoms with Crippen LogP contribution in [0, 0.1) is 5.92 Å². The van der Waals surface area contributed by atoms with Crippen LogP contribution in [-0.2, 0) is 9.59 Å². The first-order valence-electron chi connectivity index (χ1n) is 8.22. The van der Waals surface area contributed by atoms with Crippen molar-refractivity contribution in [3.05, 3.63) is 0 Å². The van der Waals surface area contributed by atoms with Crippen LogP contribution in [0.5, 0.6) is 0 Å². The molecule has 2 rings (SSSR count). The molecule has 0 radical (unpaired) electrons. The van der Waals surface area contributed by atoms with Gasteiger partial charge in [-0.25, -0.2) is 0 Å². The molecule has 1 heterocycles. The molecule has 1 saturated carbocycles. The third-order valence-corrected chi connectivity index (χ3v) is 5.26. The molecule has 120 valence electrons. The van der Waals surface area contributed by atoms with Crippen LogP contribution in [0.1, 0.15) is 59.3 Å². The maximum absolute atomic E-state index is 12.5. The summed E-state index contributed by atoms with van der Waals surface area (Å²) in [5.41, 5.74) is 0. The Morgan fingerprint density at radius 1 is 1.10 bits per heavy atom. The van der Waals surface area contributed by atoms with Crippen molar-refractivity contribution < 1.29 is 14.7 Å². The number of carbonyl (C=O) groups excluding carboxylic acids is 1. The van der Waals surface area contributed by atoms with Crippen LogP contribution in [0.25, 0.3) is 0 Å². The predicted molar refractivity (Wildman–Crippen MR) is 81.0 cm³/mol. The van der Waals surface area contributed by atoms with Gasteiger partial charge in [0, 0.05) is 18.1 Å². The number of aliphatic carboxylic acids is 1. The molecule has 1 aliphatic carbocycles. The first kappa shape index (κ1) is 16.3. The number of hydrogen-bond acceptors (Lipinski definition) is 3. The van der Waals surface area contributed by atoms with Crippen LogP contribution in [0.15, 0.2) is 0 Å². The fourth-order valence-corrected chi connectivity index (χ4v) is 4.02. The van der Waals surface area contributed by atoms with Gasteiger partial charge in [0.25, 0.3) is 0 Å². The quantitative estimate of drug-likeness (QED) is 0.832. The number of amides is 1. The Hall–Kier alpha value is -1.10. The van der Waals surface area contributed by atoms with Crippen LogP contribution >= 0.6 is 0 Å². The third kappa shape index (κ3) is 3.57. The molecule has 0 aromatic heterocycles. The summed E-state index contributed by atoms with van der Waals surface area (Å²) in [5.74, 6) is -1.23. The predicted octanol–water partition coefficient (Wildman–Crippen LogP) is 2.01. The average molecular weight is 296 g/mol. The maximum atomic E-state index is 12.5. The smallest absolute Gasteiger partial charge is 0.308 e. The number of carboxylic acid groups (broad SMARTS) is 1. The molecule has 0 aromatic rings. The van der Waals surface area contributed by atoms with Crippen LogP contribution < -0.4 is 5.32 Å². The van der Waals surface area contributed by atoms with Gasteiger partial charge in [-0.3, -0.25) is 14.5 Å². The highest BCUT2D eigenvalue weighted by atomic mass is 16.4. The van der Waals surface area contributed by atoms with Crippen molar-refractivity contribution in [2.75, 3.05) is 0 Å². The van der Waals surface area contributed by atoms with E-state index in [0.29, 0.717) is 18.5 Å². The summed E-state index contributed by atoms with van der Waals surface area (Å²) < 4.78 is 0. The van der Waals surface area contributed by atoms with E-state index in [1.807, 2.05) is 6.92 Å². The number of carbonyl (C=O) groups is 2. The molecule has 1 aliphatic heterocycles.